The summed E-state index contributed by atoms with van der Waals surface area (Å²) in [5, 5.41) is 7.36. The van der Waals surface area contributed by atoms with Crippen LogP contribution in [-0.2, 0) is 0 Å². The van der Waals surface area contributed by atoms with Gasteiger partial charge >= 0.3 is 6.03 Å². The summed E-state index contributed by atoms with van der Waals surface area (Å²) in [5.41, 5.74) is 6.44. The Morgan fingerprint density at radius 3 is 2.70 bits per heavy atom. The van der Waals surface area contributed by atoms with Crippen molar-refractivity contribution in [3.05, 3.63) is 58.6 Å². The highest BCUT2D eigenvalue weighted by Gasteiger charge is 2.34. The van der Waals surface area contributed by atoms with Gasteiger partial charge in [0.25, 0.3) is 0 Å². The lowest BCUT2D eigenvalue weighted by molar-refractivity contribution is 0.252. The Morgan fingerprint density at radius 2 is 2.00 bits per heavy atom. The molecule has 5 nitrogen and oxygen atoms in total. The summed E-state index contributed by atoms with van der Waals surface area (Å²) in [7, 11) is 2.10. The summed E-state index contributed by atoms with van der Waals surface area (Å²) in [5.74, 6) is 0.421. The fourth-order valence-electron chi connectivity index (χ4n) is 3.54. The second-order valence-corrected chi connectivity index (χ2v) is 8.01. The maximum Gasteiger partial charge on any atom is 0.339 e. The van der Waals surface area contributed by atoms with Gasteiger partial charge in [-0.25, -0.2) is 10.2 Å². The van der Waals surface area contributed by atoms with Gasteiger partial charge in [-0.3, -0.25) is 0 Å². The number of nitrogens with one attached hydrogen (secondary N) is 2. The van der Waals surface area contributed by atoms with Gasteiger partial charge in [0, 0.05) is 29.5 Å². The maximum absolute atomic E-state index is 11.9. The van der Waals surface area contributed by atoms with Crippen LogP contribution in [0.15, 0.2) is 47.6 Å². The Labute approximate surface area is 165 Å². The van der Waals surface area contributed by atoms with Gasteiger partial charge < -0.3 is 10.2 Å². The van der Waals surface area contributed by atoms with Crippen molar-refractivity contribution in [2.24, 2.45) is 5.10 Å². The van der Waals surface area contributed by atoms with E-state index in [9.17, 15) is 4.79 Å². The van der Waals surface area contributed by atoms with Gasteiger partial charge in [-0.2, -0.15) is 5.10 Å². The predicted octanol–water partition coefficient (Wildman–Crippen LogP) is 5.22. The van der Waals surface area contributed by atoms with Crippen LogP contribution in [0.1, 0.15) is 44.2 Å². The molecule has 0 aliphatic carbocycles. The van der Waals surface area contributed by atoms with Crippen molar-refractivity contribution in [1.29, 1.82) is 0 Å². The van der Waals surface area contributed by atoms with Crippen molar-refractivity contribution in [2.45, 2.75) is 38.6 Å². The Hall–Kier alpha value is -2.53. The van der Waals surface area contributed by atoms with E-state index < -0.39 is 6.03 Å². The van der Waals surface area contributed by atoms with Gasteiger partial charge in [-0.05, 0) is 56.0 Å². The van der Waals surface area contributed by atoms with Crippen molar-refractivity contribution in [1.82, 2.24) is 5.43 Å². The molecule has 1 aliphatic heterocycles. The average molecular weight is 385 g/mol. The van der Waals surface area contributed by atoms with Crippen molar-refractivity contribution in [2.75, 3.05) is 17.3 Å². The third kappa shape index (κ3) is 4.25. The number of fused-ring (bicyclic) bond motifs is 1. The van der Waals surface area contributed by atoms with Crippen LogP contribution < -0.4 is 15.6 Å². The number of amides is 2. The molecule has 6 heteroatoms. The molecule has 3 rings (SSSR count). The molecule has 2 amide bonds. The largest absolute Gasteiger partial charge is 0.369 e. The quantitative estimate of drug-likeness (QED) is 0.563. The predicted molar refractivity (Wildman–Crippen MR) is 113 cm³/mol. The summed E-state index contributed by atoms with van der Waals surface area (Å²) < 4.78 is 0. The zero-order valence-corrected chi connectivity index (χ0v) is 16.8. The number of urea groups is 1. The lowest BCUT2D eigenvalue weighted by atomic mass is 9.80. The molecule has 142 valence electrons. The normalized spacial score (nSPS) is 18.3. The molecule has 0 radical (unpaired) electrons. The number of carbonyl (C=O) groups is 1. The highest BCUT2D eigenvalue weighted by Crippen LogP contribution is 2.44. The number of nitrogens with zero attached hydrogens (tertiary/aromatic N) is 2. The second kappa shape index (κ2) is 7.61. The minimum Gasteiger partial charge on any atom is -0.369 e. The van der Waals surface area contributed by atoms with Crippen LogP contribution in [0.5, 0.6) is 0 Å². The molecule has 27 heavy (non-hydrogen) atoms. The molecule has 0 aromatic heterocycles. The molecule has 2 N–H and O–H groups in total. The zero-order valence-electron chi connectivity index (χ0n) is 16.1. The van der Waals surface area contributed by atoms with E-state index in [1.165, 1.54) is 5.56 Å². The minimum absolute atomic E-state index is 0.0857. The minimum atomic E-state index is -0.401. The van der Waals surface area contributed by atoms with E-state index in [-0.39, 0.29) is 5.54 Å². The number of halogens is 1. The molecular weight excluding hydrogens is 360 g/mol. The van der Waals surface area contributed by atoms with Crippen LogP contribution in [0.3, 0.4) is 0 Å². The first-order chi connectivity index (χ1) is 12.8. The number of hydrogen-bond donors (Lipinski definition) is 2. The molecule has 1 aliphatic rings. The highest BCUT2D eigenvalue weighted by atomic mass is 35.5. The number of para-hydroxylation sites is 1. The molecule has 0 bridgehead atoms. The Balaban J connectivity index is 1.73. The molecular formula is C21H25ClN4O. The Morgan fingerprint density at radius 1 is 1.30 bits per heavy atom. The van der Waals surface area contributed by atoms with E-state index in [0.29, 0.717) is 16.6 Å². The first kappa shape index (κ1) is 19.2. The number of anilines is 2. The Bertz CT molecular complexity index is 864. The van der Waals surface area contributed by atoms with Gasteiger partial charge in [0.05, 0.1) is 11.2 Å². The summed E-state index contributed by atoms with van der Waals surface area (Å²) in [6.07, 6.45) is 2.64. The van der Waals surface area contributed by atoms with E-state index in [1.807, 2.05) is 36.4 Å². The summed E-state index contributed by atoms with van der Waals surface area (Å²) >= 11 is 6.47. The van der Waals surface area contributed by atoms with Crippen LogP contribution >= 0.6 is 11.6 Å². The molecule has 1 heterocycles. The highest BCUT2D eigenvalue weighted by molar-refractivity contribution is 6.33. The second-order valence-electron chi connectivity index (χ2n) is 7.60. The topological polar surface area (TPSA) is 56.7 Å². The number of hydrazone groups is 1. The molecule has 0 fully saturated rings. The van der Waals surface area contributed by atoms with Crippen LogP contribution in [-0.4, -0.2) is 24.8 Å². The lowest BCUT2D eigenvalue weighted by Crippen LogP contribution is -2.45. The summed E-state index contributed by atoms with van der Waals surface area (Å²) in [6, 6.07) is 12.9. The standard InChI is InChI=1S/C21H25ClN4O/c1-14-12-21(2,3)26(4)19-11-18(22)15(10-17(14)19)13-23-25-20(27)24-16-8-6-5-7-9-16/h5-11,13-14H,12H2,1-4H3,(H2,24,25,27)/b23-13+. The van der Waals surface area contributed by atoms with E-state index in [1.54, 1.807) is 6.21 Å². The molecule has 0 saturated carbocycles. The van der Waals surface area contributed by atoms with Gasteiger partial charge in [0.1, 0.15) is 0 Å². The first-order valence-electron chi connectivity index (χ1n) is 9.00. The summed E-state index contributed by atoms with van der Waals surface area (Å²) in [6.45, 7) is 6.71. The van der Waals surface area contributed by atoms with Crippen LogP contribution in [0.25, 0.3) is 0 Å². The van der Waals surface area contributed by atoms with Gasteiger partial charge in [-0.15, -0.1) is 0 Å². The van der Waals surface area contributed by atoms with E-state index in [0.717, 1.165) is 17.7 Å². The SMILES string of the molecule is CC1CC(C)(C)N(C)c2cc(Cl)c(/C=N/NC(=O)Nc3ccccc3)cc21. The lowest BCUT2D eigenvalue weighted by Gasteiger charge is -2.45. The summed E-state index contributed by atoms with van der Waals surface area (Å²) in [4.78, 5) is 14.2. The third-order valence-electron chi connectivity index (χ3n) is 5.15. The van der Waals surface area contributed by atoms with Gasteiger partial charge in [-0.1, -0.05) is 36.7 Å². The first-order valence-corrected chi connectivity index (χ1v) is 9.38. The van der Waals surface area contributed by atoms with Crippen molar-refractivity contribution in [3.8, 4) is 0 Å². The fraction of sp³-hybridized carbons (Fsp3) is 0.333. The van der Waals surface area contributed by atoms with Crippen molar-refractivity contribution >= 4 is 35.2 Å². The zero-order chi connectivity index (χ0) is 19.6. The average Bonchev–Trinajstić information content (AvgIpc) is 2.61. The molecule has 0 spiro atoms. The number of carbonyl (C=O) groups excluding carboxylic acids is 1. The van der Waals surface area contributed by atoms with Gasteiger partial charge in [0.2, 0.25) is 0 Å². The van der Waals surface area contributed by atoms with E-state index in [4.69, 9.17) is 11.6 Å². The van der Waals surface area contributed by atoms with Crippen LogP contribution in [0.4, 0.5) is 16.2 Å². The third-order valence-corrected chi connectivity index (χ3v) is 5.48. The molecule has 2 aromatic rings. The molecule has 2 aromatic carbocycles. The maximum atomic E-state index is 11.9. The number of rotatable bonds is 3. The van der Waals surface area contributed by atoms with Crippen molar-refractivity contribution in [3.63, 3.8) is 0 Å². The van der Waals surface area contributed by atoms with Gasteiger partial charge in [0.15, 0.2) is 0 Å². The van der Waals surface area contributed by atoms with Crippen molar-refractivity contribution < 1.29 is 4.79 Å². The van der Waals surface area contributed by atoms with E-state index in [2.05, 4.69) is 54.6 Å². The monoisotopic (exact) mass is 384 g/mol. The Kier molecular flexibility index (Phi) is 5.42. The number of hydrogen-bond acceptors (Lipinski definition) is 3. The smallest absolute Gasteiger partial charge is 0.339 e. The fourth-order valence-corrected chi connectivity index (χ4v) is 3.75. The molecule has 1 atom stereocenters. The van der Waals surface area contributed by atoms with E-state index >= 15 is 0 Å². The molecule has 0 saturated heterocycles. The number of benzene rings is 2. The van der Waals surface area contributed by atoms with Crippen LogP contribution in [0, 0.1) is 0 Å². The van der Waals surface area contributed by atoms with Crippen LogP contribution in [0.2, 0.25) is 5.02 Å². The molecule has 1 unspecified atom stereocenters.